The number of rotatable bonds is 4. The summed E-state index contributed by atoms with van der Waals surface area (Å²) in [6, 6.07) is 11.6. The molecular weight excluding hydrogens is 424 g/mol. The predicted octanol–water partition coefficient (Wildman–Crippen LogP) is 3.43. The lowest BCUT2D eigenvalue weighted by atomic mass is 10.1. The minimum atomic E-state index is -0.853. The second-order valence-corrected chi connectivity index (χ2v) is 6.65. The van der Waals surface area contributed by atoms with Crippen LogP contribution in [0.15, 0.2) is 52.5 Å². The van der Waals surface area contributed by atoms with Crippen LogP contribution in [0.1, 0.15) is 11.1 Å². The Morgan fingerprint density at radius 1 is 1.04 bits per heavy atom. The smallest absolute Gasteiger partial charge is 0.328 e. The topological polar surface area (TPSA) is 84.5 Å². The number of urea groups is 1. The molecule has 8 heteroatoms. The highest BCUT2D eigenvalue weighted by atomic mass is 79.9. The lowest BCUT2D eigenvalue weighted by Gasteiger charge is -2.15. The van der Waals surface area contributed by atoms with E-state index in [1.165, 1.54) is 6.08 Å². The van der Waals surface area contributed by atoms with Crippen LogP contribution in [-0.2, 0) is 16.2 Å². The van der Waals surface area contributed by atoms with Gasteiger partial charge in [-0.3, -0.25) is 20.2 Å². The zero-order valence-electron chi connectivity index (χ0n) is 13.2. The van der Waals surface area contributed by atoms with Gasteiger partial charge < -0.3 is 4.74 Å². The van der Waals surface area contributed by atoms with Gasteiger partial charge in [0.1, 0.15) is 17.9 Å². The van der Waals surface area contributed by atoms with Crippen LogP contribution in [0, 0.1) is 0 Å². The summed E-state index contributed by atoms with van der Waals surface area (Å²) in [5, 5.41) is 4.46. The number of amides is 4. The third kappa shape index (κ3) is 4.12. The fourth-order valence-corrected chi connectivity index (χ4v) is 2.88. The zero-order chi connectivity index (χ0) is 18.7. The molecule has 0 bridgehead atoms. The molecule has 132 valence electrons. The number of carbonyl (C=O) groups is 3. The zero-order valence-corrected chi connectivity index (χ0v) is 15.6. The molecule has 2 N–H and O–H groups in total. The Bertz CT molecular complexity index is 921. The van der Waals surface area contributed by atoms with Crippen molar-refractivity contribution in [2.75, 3.05) is 0 Å². The molecule has 26 heavy (non-hydrogen) atoms. The van der Waals surface area contributed by atoms with E-state index < -0.39 is 17.8 Å². The second-order valence-electron chi connectivity index (χ2n) is 5.36. The quantitative estimate of drug-likeness (QED) is 0.569. The molecule has 0 aliphatic carbocycles. The highest BCUT2D eigenvalue weighted by molar-refractivity contribution is 9.10. The number of barbiturate groups is 1. The summed E-state index contributed by atoms with van der Waals surface area (Å²) >= 11 is 9.48. The lowest BCUT2D eigenvalue weighted by Crippen LogP contribution is -2.51. The fraction of sp³-hybridized carbons (Fsp3) is 0.0556. The van der Waals surface area contributed by atoms with Gasteiger partial charge in [-0.05, 0) is 30.3 Å². The predicted molar refractivity (Wildman–Crippen MR) is 99.6 cm³/mol. The first-order valence-corrected chi connectivity index (χ1v) is 8.65. The van der Waals surface area contributed by atoms with Crippen molar-refractivity contribution in [1.29, 1.82) is 0 Å². The summed E-state index contributed by atoms with van der Waals surface area (Å²) in [7, 11) is 0. The molecule has 0 unspecified atom stereocenters. The van der Waals surface area contributed by atoms with Crippen LogP contribution >= 0.6 is 27.5 Å². The van der Waals surface area contributed by atoms with Crippen molar-refractivity contribution in [3.63, 3.8) is 0 Å². The van der Waals surface area contributed by atoms with Crippen molar-refractivity contribution < 1.29 is 19.1 Å². The molecular formula is C18H12BrClN2O4. The second kappa shape index (κ2) is 7.72. The summed E-state index contributed by atoms with van der Waals surface area (Å²) in [6.45, 7) is 0.274. The maximum Gasteiger partial charge on any atom is 0.328 e. The van der Waals surface area contributed by atoms with Crippen LogP contribution in [0.5, 0.6) is 5.75 Å². The average molecular weight is 436 g/mol. The van der Waals surface area contributed by atoms with E-state index in [1.807, 2.05) is 34.9 Å². The lowest BCUT2D eigenvalue weighted by molar-refractivity contribution is -0.123. The molecule has 2 aromatic rings. The number of benzene rings is 2. The van der Waals surface area contributed by atoms with E-state index in [0.717, 1.165) is 10.0 Å². The molecule has 0 atom stereocenters. The Morgan fingerprint density at radius 3 is 2.42 bits per heavy atom. The van der Waals surface area contributed by atoms with E-state index >= 15 is 0 Å². The number of ether oxygens (including phenoxy) is 1. The number of hydrogen-bond acceptors (Lipinski definition) is 4. The number of halogens is 2. The van der Waals surface area contributed by atoms with Gasteiger partial charge in [-0.2, -0.15) is 0 Å². The maximum atomic E-state index is 11.9. The van der Waals surface area contributed by atoms with E-state index in [4.69, 9.17) is 16.3 Å². The van der Waals surface area contributed by atoms with Crippen LogP contribution in [0.2, 0.25) is 5.02 Å². The van der Waals surface area contributed by atoms with Crippen LogP contribution in [0.3, 0.4) is 0 Å². The van der Waals surface area contributed by atoms with Gasteiger partial charge in [-0.25, -0.2) is 4.79 Å². The molecule has 1 saturated heterocycles. The molecule has 0 aromatic heterocycles. The van der Waals surface area contributed by atoms with Crippen molar-refractivity contribution in [3.05, 3.63) is 68.7 Å². The number of nitrogens with one attached hydrogen (secondary N) is 2. The third-order valence-electron chi connectivity index (χ3n) is 3.56. The minimum absolute atomic E-state index is 0.211. The number of imide groups is 2. The molecule has 1 aliphatic rings. The first-order valence-electron chi connectivity index (χ1n) is 7.48. The van der Waals surface area contributed by atoms with Gasteiger partial charge in [0.25, 0.3) is 11.8 Å². The van der Waals surface area contributed by atoms with E-state index in [9.17, 15) is 14.4 Å². The van der Waals surface area contributed by atoms with Crippen LogP contribution in [-0.4, -0.2) is 17.8 Å². The summed E-state index contributed by atoms with van der Waals surface area (Å²) < 4.78 is 6.73. The van der Waals surface area contributed by atoms with Crippen molar-refractivity contribution in [2.45, 2.75) is 6.61 Å². The van der Waals surface area contributed by atoms with Crippen LogP contribution in [0.25, 0.3) is 6.08 Å². The standard InChI is InChI=1S/C18H12BrClN2O4/c19-14-4-2-1-3-10(14)9-26-15-6-5-12(20)7-11(15)8-13-16(23)21-18(25)22-17(13)24/h1-8H,9H2,(H2,21,22,23,24,25). The molecule has 3 rings (SSSR count). The Hall–Kier alpha value is -2.64. The van der Waals surface area contributed by atoms with Crippen molar-refractivity contribution in [1.82, 2.24) is 10.6 Å². The normalized spacial score (nSPS) is 13.9. The summed E-state index contributed by atoms with van der Waals surface area (Å²) in [5.41, 5.74) is 1.16. The van der Waals surface area contributed by atoms with Gasteiger partial charge >= 0.3 is 6.03 Å². The van der Waals surface area contributed by atoms with Gasteiger partial charge in [-0.1, -0.05) is 45.7 Å². The van der Waals surface area contributed by atoms with E-state index in [2.05, 4.69) is 15.9 Å². The van der Waals surface area contributed by atoms with Crippen molar-refractivity contribution in [3.8, 4) is 5.75 Å². The van der Waals surface area contributed by atoms with Gasteiger partial charge in [0, 0.05) is 20.6 Å². The van der Waals surface area contributed by atoms with Crippen molar-refractivity contribution >= 4 is 51.5 Å². The highest BCUT2D eigenvalue weighted by Crippen LogP contribution is 2.27. The average Bonchev–Trinajstić information content (AvgIpc) is 2.58. The SMILES string of the molecule is O=C1NC(=O)C(=Cc2cc(Cl)ccc2OCc2ccccc2Br)C(=O)N1. The summed E-state index contributed by atoms with van der Waals surface area (Å²) in [4.78, 5) is 35.0. The van der Waals surface area contributed by atoms with Crippen LogP contribution in [0.4, 0.5) is 4.79 Å². The molecule has 0 saturated carbocycles. The molecule has 6 nitrogen and oxygen atoms in total. The molecule has 4 amide bonds. The van der Waals surface area contributed by atoms with E-state index in [1.54, 1.807) is 18.2 Å². The first-order chi connectivity index (χ1) is 12.4. The Balaban J connectivity index is 1.90. The van der Waals surface area contributed by atoms with Crippen molar-refractivity contribution in [2.24, 2.45) is 0 Å². The molecule has 1 aliphatic heterocycles. The minimum Gasteiger partial charge on any atom is -0.488 e. The summed E-state index contributed by atoms with van der Waals surface area (Å²) in [6.07, 6.45) is 1.33. The molecule has 0 radical (unpaired) electrons. The van der Waals surface area contributed by atoms with E-state index in [0.29, 0.717) is 16.3 Å². The number of hydrogen-bond donors (Lipinski definition) is 2. The van der Waals surface area contributed by atoms with E-state index in [-0.39, 0.29) is 12.2 Å². The van der Waals surface area contributed by atoms with Gasteiger partial charge in [0.05, 0.1) is 0 Å². The molecule has 1 heterocycles. The Kier molecular flexibility index (Phi) is 5.39. The Morgan fingerprint density at radius 2 is 1.73 bits per heavy atom. The Labute approximate surface area is 162 Å². The third-order valence-corrected chi connectivity index (χ3v) is 4.56. The maximum absolute atomic E-state index is 11.9. The molecule has 0 spiro atoms. The van der Waals surface area contributed by atoms with Gasteiger partial charge in [0.15, 0.2) is 0 Å². The fourth-order valence-electron chi connectivity index (χ4n) is 2.30. The first kappa shape index (κ1) is 18.2. The molecule has 2 aromatic carbocycles. The van der Waals surface area contributed by atoms with Gasteiger partial charge in [0.2, 0.25) is 0 Å². The largest absolute Gasteiger partial charge is 0.488 e. The highest BCUT2D eigenvalue weighted by Gasteiger charge is 2.28. The van der Waals surface area contributed by atoms with Crippen LogP contribution < -0.4 is 15.4 Å². The van der Waals surface area contributed by atoms with Gasteiger partial charge in [-0.15, -0.1) is 0 Å². The molecule has 1 fully saturated rings. The summed E-state index contributed by atoms with van der Waals surface area (Å²) in [5.74, 6) is -1.12. The monoisotopic (exact) mass is 434 g/mol. The number of carbonyl (C=O) groups excluding carboxylic acids is 3.